The van der Waals surface area contributed by atoms with E-state index < -0.39 is 0 Å². The van der Waals surface area contributed by atoms with Crippen molar-refractivity contribution >= 4 is 44.9 Å². The highest BCUT2D eigenvalue weighted by Gasteiger charge is 2.33. The van der Waals surface area contributed by atoms with Gasteiger partial charge in [-0.05, 0) is 46.7 Å². The fourth-order valence-electron chi connectivity index (χ4n) is 1.31. The SMILES string of the molecule is CCN1C(=O)SC(=Cc2ccc(Br)o2)C1=O. The summed E-state index contributed by atoms with van der Waals surface area (Å²) in [5.74, 6) is 0.290. The Morgan fingerprint density at radius 1 is 1.50 bits per heavy atom. The number of furan rings is 1. The second-order valence-electron chi connectivity index (χ2n) is 3.07. The lowest BCUT2D eigenvalue weighted by Crippen LogP contribution is -2.27. The summed E-state index contributed by atoms with van der Waals surface area (Å²) in [6, 6.07) is 3.46. The number of hydrogen-bond acceptors (Lipinski definition) is 4. The molecule has 0 atom stereocenters. The van der Waals surface area contributed by atoms with Gasteiger partial charge < -0.3 is 4.42 Å². The van der Waals surface area contributed by atoms with Gasteiger partial charge in [0, 0.05) is 12.6 Å². The molecule has 1 aromatic heterocycles. The first-order valence-electron chi connectivity index (χ1n) is 4.62. The van der Waals surface area contributed by atoms with E-state index >= 15 is 0 Å². The summed E-state index contributed by atoms with van der Waals surface area (Å²) < 4.78 is 5.83. The molecule has 0 saturated carbocycles. The first-order chi connectivity index (χ1) is 7.61. The standard InChI is InChI=1S/C10H8BrNO3S/c1-2-12-9(13)7(16-10(12)14)5-6-3-4-8(11)15-6/h3-5H,2H2,1H3. The van der Waals surface area contributed by atoms with Crippen molar-refractivity contribution in [1.29, 1.82) is 0 Å². The molecule has 2 amide bonds. The number of hydrogen-bond donors (Lipinski definition) is 0. The molecule has 1 aromatic rings. The van der Waals surface area contributed by atoms with Crippen LogP contribution in [0.15, 0.2) is 26.1 Å². The predicted octanol–water partition coefficient (Wildman–Crippen LogP) is 3.10. The molecule has 2 heterocycles. The maximum Gasteiger partial charge on any atom is 0.293 e. The Balaban J connectivity index is 2.27. The zero-order valence-electron chi connectivity index (χ0n) is 8.40. The predicted molar refractivity (Wildman–Crippen MR) is 64.8 cm³/mol. The van der Waals surface area contributed by atoms with Crippen molar-refractivity contribution in [3.8, 4) is 0 Å². The molecule has 84 valence electrons. The van der Waals surface area contributed by atoms with Gasteiger partial charge in [-0.2, -0.15) is 0 Å². The Morgan fingerprint density at radius 3 is 2.75 bits per heavy atom. The first-order valence-corrected chi connectivity index (χ1v) is 6.23. The number of imide groups is 1. The molecule has 0 aliphatic carbocycles. The lowest BCUT2D eigenvalue weighted by molar-refractivity contribution is -0.122. The topological polar surface area (TPSA) is 50.5 Å². The number of halogens is 1. The van der Waals surface area contributed by atoms with Crippen molar-refractivity contribution in [2.45, 2.75) is 6.92 Å². The number of thioether (sulfide) groups is 1. The third-order valence-electron chi connectivity index (χ3n) is 2.06. The minimum atomic E-state index is -0.259. The molecule has 0 unspecified atom stereocenters. The third kappa shape index (κ3) is 2.08. The molecule has 1 aliphatic heterocycles. The van der Waals surface area contributed by atoms with E-state index in [9.17, 15) is 9.59 Å². The van der Waals surface area contributed by atoms with Gasteiger partial charge >= 0.3 is 0 Å². The number of carbonyl (C=O) groups excluding carboxylic acids is 2. The van der Waals surface area contributed by atoms with Gasteiger partial charge in [0.25, 0.3) is 11.1 Å². The first kappa shape index (κ1) is 11.5. The normalized spacial score (nSPS) is 18.9. The molecule has 0 radical (unpaired) electrons. The van der Waals surface area contributed by atoms with Crippen LogP contribution in [0.1, 0.15) is 12.7 Å². The molecule has 1 fully saturated rings. The maximum atomic E-state index is 11.7. The lowest BCUT2D eigenvalue weighted by Gasteiger charge is -2.06. The van der Waals surface area contributed by atoms with E-state index in [1.165, 1.54) is 4.90 Å². The van der Waals surface area contributed by atoms with Crippen molar-refractivity contribution in [3.05, 3.63) is 27.5 Å². The van der Waals surface area contributed by atoms with Crippen molar-refractivity contribution in [1.82, 2.24) is 4.90 Å². The summed E-state index contributed by atoms with van der Waals surface area (Å²) in [5.41, 5.74) is 0. The summed E-state index contributed by atoms with van der Waals surface area (Å²) in [4.78, 5) is 24.7. The molecule has 0 aromatic carbocycles. The molecule has 2 rings (SSSR count). The van der Waals surface area contributed by atoms with Crippen LogP contribution in [-0.2, 0) is 4.79 Å². The van der Waals surface area contributed by atoms with Gasteiger partial charge in [0.1, 0.15) is 5.76 Å². The van der Waals surface area contributed by atoms with Gasteiger partial charge in [0.15, 0.2) is 4.67 Å². The van der Waals surface area contributed by atoms with E-state index in [4.69, 9.17) is 4.42 Å². The molecule has 6 heteroatoms. The number of carbonyl (C=O) groups is 2. The van der Waals surface area contributed by atoms with Crippen molar-refractivity contribution in [3.63, 3.8) is 0 Å². The number of nitrogens with zero attached hydrogens (tertiary/aromatic N) is 1. The second kappa shape index (κ2) is 4.47. The molecule has 0 N–H and O–H groups in total. The molecule has 0 bridgehead atoms. The monoisotopic (exact) mass is 301 g/mol. The Bertz CT molecular complexity index is 480. The highest BCUT2D eigenvalue weighted by Crippen LogP contribution is 2.32. The zero-order valence-corrected chi connectivity index (χ0v) is 10.8. The van der Waals surface area contributed by atoms with E-state index in [1.54, 1.807) is 25.1 Å². The van der Waals surface area contributed by atoms with Crippen molar-refractivity contribution < 1.29 is 14.0 Å². The van der Waals surface area contributed by atoms with Gasteiger partial charge in [-0.15, -0.1) is 0 Å². The summed E-state index contributed by atoms with van der Waals surface area (Å²) in [7, 11) is 0. The molecule has 16 heavy (non-hydrogen) atoms. The average Bonchev–Trinajstić information content (AvgIpc) is 2.74. The minimum Gasteiger partial charge on any atom is -0.450 e. The van der Waals surface area contributed by atoms with Gasteiger partial charge in [-0.3, -0.25) is 14.5 Å². The molecular weight excluding hydrogens is 294 g/mol. The lowest BCUT2D eigenvalue weighted by atomic mass is 10.3. The van der Waals surface area contributed by atoms with Crippen LogP contribution < -0.4 is 0 Å². The van der Waals surface area contributed by atoms with Gasteiger partial charge in [0.05, 0.1) is 4.91 Å². The van der Waals surface area contributed by atoms with E-state index in [0.29, 0.717) is 21.9 Å². The zero-order chi connectivity index (χ0) is 11.7. The molecule has 0 spiro atoms. The second-order valence-corrected chi connectivity index (χ2v) is 4.84. The molecular formula is C10H8BrNO3S. The quantitative estimate of drug-likeness (QED) is 0.788. The van der Waals surface area contributed by atoms with Crippen LogP contribution in [0.3, 0.4) is 0 Å². The van der Waals surface area contributed by atoms with E-state index in [2.05, 4.69) is 15.9 Å². The fourth-order valence-corrected chi connectivity index (χ4v) is 2.51. The van der Waals surface area contributed by atoms with Gasteiger partial charge in [-0.1, -0.05) is 0 Å². The maximum absolute atomic E-state index is 11.7. The minimum absolute atomic E-state index is 0.232. The number of rotatable bonds is 2. The number of likely N-dealkylation sites (N-methyl/N-ethyl adjacent to an activating group) is 1. The summed E-state index contributed by atoms with van der Waals surface area (Å²) in [5, 5.41) is -0.232. The van der Waals surface area contributed by atoms with Crippen LogP contribution in [0.2, 0.25) is 0 Å². The Kier molecular flexibility index (Phi) is 3.20. The summed E-state index contributed by atoms with van der Waals surface area (Å²) in [6.45, 7) is 2.16. The van der Waals surface area contributed by atoms with Crippen molar-refractivity contribution in [2.24, 2.45) is 0 Å². The van der Waals surface area contributed by atoms with Crippen LogP contribution in [0.25, 0.3) is 6.08 Å². The molecule has 1 aliphatic rings. The van der Waals surface area contributed by atoms with Crippen molar-refractivity contribution in [2.75, 3.05) is 6.54 Å². The van der Waals surface area contributed by atoms with Crippen LogP contribution in [0.5, 0.6) is 0 Å². The fraction of sp³-hybridized carbons (Fsp3) is 0.200. The largest absolute Gasteiger partial charge is 0.450 e. The molecule has 4 nitrogen and oxygen atoms in total. The van der Waals surface area contributed by atoms with E-state index in [0.717, 1.165) is 11.8 Å². The smallest absolute Gasteiger partial charge is 0.293 e. The van der Waals surface area contributed by atoms with E-state index in [-0.39, 0.29) is 11.1 Å². The highest BCUT2D eigenvalue weighted by atomic mass is 79.9. The summed E-state index contributed by atoms with van der Waals surface area (Å²) in [6.07, 6.45) is 1.57. The van der Waals surface area contributed by atoms with Gasteiger partial charge in [0.2, 0.25) is 0 Å². The highest BCUT2D eigenvalue weighted by molar-refractivity contribution is 9.10. The van der Waals surface area contributed by atoms with Crippen LogP contribution >= 0.6 is 27.7 Å². The van der Waals surface area contributed by atoms with Crippen LogP contribution in [0, 0.1) is 0 Å². The van der Waals surface area contributed by atoms with Gasteiger partial charge in [-0.25, -0.2) is 0 Å². The Hall–Kier alpha value is -1.01. The summed E-state index contributed by atoms with van der Waals surface area (Å²) >= 11 is 4.10. The Morgan fingerprint density at radius 2 is 2.25 bits per heavy atom. The number of amides is 2. The third-order valence-corrected chi connectivity index (χ3v) is 3.39. The molecule has 1 saturated heterocycles. The average molecular weight is 302 g/mol. The van der Waals surface area contributed by atoms with E-state index in [1.807, 2.05) is 0 Å². The Labute approximate surface area is 105 Å². The van der Waals surface area contributed by atoms with Crippen LogP contribution in [-0.4, -0.2) is 22.6 Å². The van der Waals surface area contributed by atoms with Crippen LogP contribution in [0.4, 0.5) is 4.79 Å².